The number of hydrogen-bond acceptors (Lipinski definition) is 1. The van der Waals surface area contributed by atoms with Crippen LogP contribution < -0.4 is 4.74 Å². The average molecular weight is 486 g/mol. The maximum atomic E-state index is 5.98. The van der Waals surface area contributed by atoms with Gasteiger partial charge < -0.3 is 0 Å². The molecule has 0 aromatic heterocycles. The van der Waals surface area contributed by atoms with E-state index in [2.05, 4.69) is 91.9 Å². The van der Waals surface area contributed by atoms with Gasteiger partial charge in [-0.2, -0.15) is 0 Å². The molecule has 0 bridgehead atoms. The van der Waals surface area contributed by atoms with Crippen molar-refractivity contribution in [2.75, 3.05) is 6.61 Å². The number of unbranched alkanes of at least 4 members (excludes halogenated alkanes) is 5. The van der Waals surface area contributed by atoms with Gasteiger partial charge >= 0.3 is 171 Å². The molecule has 0 aliphatic rings. The Hall–Kier alpha value is -1.81. The number of rotatable bonds is 11. The van der Waals surface area contributed by atoms with Gasteiger partial charge in [-0.3, -0.25) is 0 Å². The summed E-state index contributed by atoms with van der Waals surface area (Å²) in [4.78, 5) is 0. The fourth-order valence-electron chi connectivity index (χ4n) is 3.19. The van der Waals surface area contributed by atoms with Gasteiger partial charge in [0.1, 0.15) is 0 Å². The Balaban J connectivity index is 1.63. The second-order valence-electron chi connectivity index (χ2n) is 6.94. The second kappa shape index (κ2) is 11.9. The fourth-order valence-corrected chi connectivity index (χ4v) is 8.69. The molecular weight excluding hydrogens is 455 g/mol. The Morgan fingerprint density at radius 2 is 1.07 bits per heavy atom. The van der Waals surface area contributed by atoms with Gasteiger partial charge in [0.15, 0.2) is 0 Å². The number of halogens is 1. The van der Waals surface area contributed by atoms with Gasteiger partial charge in [-0.1, -0.05) is 6.92 Å². The van der Waals surface area contributed by atoms with Crippen LogP contribution in [0.2, 0.25) is 0 Å². The zero-order chi connectivity index (χ0) is 19.4. The van der Waals surface area contributed by atoms with E-state index in [9.17, 15) is 0 Å². The van der Waals surface area contributed by atoms with Crippen LogP contribution in [0.5, 0.6) is 5.75 Å². The molecule has 0 aliphatic carbocycles. The number of hydrogen-bond donors (Lipinski definition) is 0. The topological polar surface area (TPSA) is 9.23 Å². The van der Waals surface area contributed by atoms with E-state index >= 15 is 0 Å². The van der Waals surface area contributed by atoms with Crippen LogP contribution in [0.25, 0.3) is 0 Å². The predicted molar refractivity (Wildman–Crippen MR) is 128 cm³/mol. The molecule has 0 amide bonds. The summed E-state index contributed by atoms with van der Waals surface area (Å²) in [6, 6.07) is 30.8. The van der Waals surface area contributed by atoms with Crippen molar-refractivity contribution in [3.8, 4) is 5.75 Å². The summed E-state index contributed by atoms with van der Waals surface area (Å²) in [6.07, 6.45) is 7.78. The molecule has 3 rings (SSSR count). The quantitative estimate of drug-likeness (QED) is 0.198. The minimum atomic E-state index is -1.65. The molecule has 0 saturated carbocycles. The SMILES string of the molecule is CCCCCCCCOc1ccc(I(c2ccccc2)c2ccccc2)cc1. The van der Waals surface area contributed by atoms with Crippen LogP contribution in [0.4, 0.5) is 0 Å². The van der Waals surface area contributed by atoms with E-state index in [-0.39, 0.29) is 0 Å². The summed E-state index contributed by atoms with van der Waals surface area (Å²) >= 11 is -1.65. The number of benzene rings is 3. The molecule has 0 spiro atoms. The summed E-state index contributed by atoms with van der Waals surface area (Å²) in [5.74, 6) is 0.995. The van der Waals surface area contributed by atoms with E-state index in [1.165, 1.54) is 42.8 Å². The van der Waals surface area contributed by atoms with Crippen molar-refractivity contribution in [3.63, 3.8) is 0 Å². The molecular formula is C26H31IO. The standard InChI is InChI=1S/C26H31IO/c1-2-3-4-5-6-13-22-28-26-20-18-25(19-21-26)27(23-14-9-7-10-15-23)24-16-11-8-12-17-24/h7-12,14-21H,2-6,13,22H2,1H3. The van der Waals surface area contributed by atoms with E-state index in [0.717, 1.165) is 18.8 Å². The Bertz CT molecular complexity index is 744. The van der Waals surface area contributed by atoms with Crippen LogP contribution in [0.3, 0.4) is 0 Å². The summed E-state index contributed by atoms with van der Waals surface area (Å²) in [7, 11) is 0. The van der Waals surface area contributed by atoms with Crippen LogP contribution in [0.1, 0.15) is 45.4 Å². The molecule has 0 atom stereocenters. The van der Waals surface area contributed by atoms with E-state index in [4.69, 9.17) is 4.74 Å². The van der Waals surface area contributed by atoms with E-state index in [0.29, 0.717) is 0 Å². The Kier molecular flexibility index (Phi) is 8.89. The van der Waals surface area contributed by atoms with Gasteiger partial charge in [0.2, 0.25) is 0 Å². The third-order valence-corrected chi connectivity index (χ3v) is 10.6. The van der Waals surface area contributed by atoms with Gasteiger partial charge in [-0.15, -0.1) is 0 Å². The van der Waals surface area contributed by atoms with Crippen LogP contribution in [0.15, 0.2) is 84.9 Å². The Morgan fingerprint density at radius 1 is 0.571 bits per heavy atom. The first-order chi connectivity index (χ1) is 13.9. The van der Waals surface area contributed by atoms with Gasteiger partial charge in [0.05, 0.1) is 0 Å². The monoisotopic (exact) mass is 486 g/mol. The normalized spacial score (nSPS) is 11.2. The molecule has 0 unspecified atom stereocenters. The Labute approximate surface area is 177 Å². The molecule has 3 aromatic rings. The number of ether oxygens (including phenoxy) is 1. The average Bonchev–Trinajstić information content (AvgIpc) is 2.76. The molecule has 0 aliphatic heterocycles. The summed E-state index contributed by atoms with van der Waals surface area (Å²) in [5, 5.41) is 0. The second-order valence-corrected chi connectivity index (χ2v) is 12.3. The summed E-state index contributed by atoms with van der Waals surface area (Å²) in [6.45, 7) is 3.08. The molecule has 0 fully saturated rings. The van der Waals surface area contributed by atoms with E-state index < -0.39 is 19.8 Å². The van der Waals surface area contributed by atoms with Crippen molar-refractivity contribution in [2.45, 2.75) is 45.4 Å². The summed E-state index contributed by atoms with van der Waals surface area (Å²) in [5.41, 5.74) is 0. The maximum absolute atomic E-state index is 5.98. The van der Waals surface area contributed by atoms with Crippen LogP contribution >= 0.6 is 19.8 Å². The first-order valence-electron chi connectivity index (χ1n) is 10.4. The predicted octanol–water partition coefficient (Wildman–Crippen LogP) is 7.84. The van der Waals surface area contributed by atoms with Crippen molar-refractivity contribution in [3.05, 3.63) is 95.6 Å². The third-order valence-electron chi connectivity index (χ3n) is 4.70. The zero-order valence-corrected chi connectivity index (χ0v) is 19.0. The minimum absolute atomic E-state index is 0.825. The third kappa shape index (κ3) is 6.37. The van der Waals surface area contributed by atoms with Gasteiger partial charge in [-0.25, -0.2) is 0 Å². The van der Waals surface area contributed by atoms with Crippen molar-refractivity contribution in [2.24, 2.45) is 0 Å². The van der Waals surface area contributed by atoms with Crippen molar-refractivity contribution < 1.29 is 4.74 Å². The van der Waals surface area contributed by atoms with E-state index in [1.807, 2.05) is 0 Å². The molecule has 148 valence electrons. The van der Waals surface area contributed by atoms with Crippen molar-refractivity contribution in [1.82, 2.24) is 0 Å². The van der Waals surface area contributed by atoms with Crippen LogP contribution in [0, 0.1) is 10.7 Å². The molecule has 0 N–H and O–H groups in total. The molecule has 0 heterocycles. The first kappa shape index (κ1) is 20.9. The molecule has 1 nitrogen and oxygen atoms in total. The molecule has 28 heavy (non-hydrogen) atoms. The first-order valence-corrected chi connectivity index (χ1v) is 13.6. The Morgan fingerprint density at radius 3 is 1.64 bits per heavy atom. The van der Waals surface area contributed by atoms with Gasteiger partial charge in [0, 0.05) is 0 Å². The zero-order valence-electron chi connectivity index (χ0n) is 16.8. The van der Waals surface area contributed by atoms with E-state index in [1.54, 1.807) is 0 Å². The summed E-state index contributed by atoms with van der Waals surface area (Å²) < 4.78 is 10.4. The molecule has 0 saturated heterocycles. The molecule has 2 heteroatoms. The van der Waals surface area contributed by atoms with Crippen molar-refractivity contribution >= 4 is 19.8 Å². The van der Waals surface area contributed by atoms with Crippen molar-refractivity contribution in [1.29, 1.82) is 0 Å². The van der Waals surface area contributed by atoms with Crippen LogP contribution in [-0.4, -0.2) is 6.61 Å². The molecule has 0 radical (unpaired) electrons. The van der Waals surface area contributed by atoms with Gasteiger partial charge in [-0.05, 0) is 0 Å². The van der Waals surface area contributed by atoms with Gasteiger partial charge in [0.25, 0.3) is 0 Å². The van der Waals surface area contributed by atoms with Crippen LogP contribution in [-0.2, 0) is 0 Å². The molecule has 3 aromatic carbocycles. The fraction of sp³-hybridized carbons (Fsp3) is 0.308.